The summed E-state index contributed by atoms with van der Waals surface area (Å²) in [5.74, 6) is -0.271. The van der Waals surface area contributed by atoms with Gasteiger partial charge in [0, 0.05) is 12.3 Å². The molecule has 0 bridgehead atoms. The van der Waals surface area contributed by atoms with Gasteiger partial charge < -0.3 is 10.4 Å². The number of carbonyl (C=O) groups excluding carboxylic acids is 1. The molecule has 0 radical (unpaired) electrons. The molecule has 0 fully saturated rings. The van der Waals surface area contributed by atoms with Crippen molar-refractivity contribution in [2.45, 2.75) is 0 Å². The largest absolute Gasteiger partial charge is 0.508 e. The van der Waals surface area contributed by atoms with Crippen LogP contribution in [0.3, 0.4) is 0 Å². The van der Waals surface area contributed by atoms with Crippen LogP contribution in [-0.2, 0) is 0 Å². The number of carbonyl (C=O) groups is 1. The first-order valence-corrected chi connectivity index (χ1v) is 4.83. The number of halogens is 1. The molecule has 0 aliphatic carbocycles. The van der Waals surface area contributed by atoms with Gasteiger partial charge in [0.1, 0.15) is 5.75 Å². The third kappa shape index (κ3) is 2.14. The second kappa shape index (κ2) is 4.24. The third-order valence-corrected chi connectivity index (χ3v) is 2.27. The summed E-state index contributed by atoms with van der Waals surface area (Å²) in [5, 5.41) is 18.2. The molecule has 0 aliphatic rings. The number of rotatable bonds is 2. The number of benzene rings is 1. The molecule has 0 spiro atoms. The van der Waals surface area contributed by atoms with Crippen LogP contribution < -0.4 is 5.32 Å². The van der Waals surface area contributed by atoms with E-state index >= 15 is 0 Å². The van der Waals surface area contributed by atoms with E-state index in [1.54, 1.807) is 0 Å². The quantitative estimate of drug-likeness (QED) is 0.700. The molecule has 6 heteroatoms. The van der Waals surface area contributed by atoms with E-state index in [4.69, 9.17) is 16.7 Å². The lowest BCUT2D eigenvalue weighted by Gasteiger charge is -2.05. The maximum Gasteiger partial charge on any atom is 0.258 e. The number of anilines is 1. The van der Waals surface area contributed by atoms with E-state index in [1.807, 2.05) is 0 Å². The van der Waals surface area contributed by atoms with Crippen molar-refractivity contribution >= 4 is 23.2 Å². The SMILES string of the molecule is O=C(Nc1ccc(O)cc1Cl)c1cn[nH]c1. The Morgan fingerprint density at radius 1 is 1.50 bits per heavy atom. The number of H-pyrrole nitrogens is 1. The molecule has 3 N–H and O–H groups in total. The van der Waals surface area contributed by atoms with Gasteiger partial charge in [-0.25, -0.2) is 0 Å². The monoisotopic (exact) mass is 237 g/mol. The fourth-order valence-electron chi connectivity index (χ4n) is 1.17. The lowest BCUT2D eigenvalue weighted by atomic mass is 10.2. The van der Waals surface area contributed by atoms with Crippen molar-refractivity contribution in [1.29, 1.82) is 0 Å². The fourth-order valence-corrected chi connectivity index (χ4v) is 1.40. The van der Waals surface area contributed by atoms with E-state index < -0.39 is 0 Å². The minimum atomic E-state index is -0.318. The average Bonchev–Trinajstić information content (AvgIpc) is 2.75. The lowest BCUT2D eigenvalue weighted by Crippen LogP contribution is -2.11. The van der Waals surface area contributed by atoms with Gasteiger partial charge in [-0.05, 0) is 12.1 Å². The summed E-state index contributed by atoms with van der Waals surface area (Å²) < 4.78 is 0. The van der Waals surface area contributed by atoms with E-state index in [9.17, 15) is 4.79 Å². The molecular weight excluding hydrogens is 230 g/mol. The lowest BCUT2D eigenvalue weighted by molar-refractivity contribution is 0.102. The zero-order valence-corrected chi connectivity index (χ0v) is 8.82. The molecule has 0 unspecified atom stereocenters. The molecular formula is C10H8ClN3O2. The highest BCUT2D eigenvalue weighted by Gasteiger charge is 2.09. The normalized spacial score (nSPS) is 10.1. The molecule has 0 saturated heterocycles. The molecule has 0 aliphatic heterocycles. The molecule has 16 heavy (non-hydrogen) atoms. The number of amides is 1. The highest BCUT2D eigenvalue weighted by molar-refractivity contribution is 6.34. The minimum Gasteiger partial charge on any atom is -0.508 e. The molecule has 5 nitrogen and oxygen atoms in total. The van der Waals surface area contributed by atoms with Gasteiger partial charge in [0.05, 0.1) is 22.5 Å². The molecule has 0 atom stereocenters. The Morgan fingerprint density at radius 3 is 2.94 bits per heavy atom. The highest BCUT2D eigenvalue weighted by Crippen LogP contribution is 2.26. The third-order valence-electron chi connectivity index (χ3n) is 1.96. The number of hydrogen-bond acceptors (Lipinski definition) is 3. The topological polar surface area (TPSA) is 78.0 Å². The number of aromatic nitrogens is 2. The Hall–Kier alpha value is -2.01. The Balaban J connectivity index is 2.18. The minimum absolute atomic E-state index is 0.0475. The van der Waals surface area contributed by atoms with Crippen LogP contribution in [0, 0.1) is 0 Å². The van der Waals surface area contributed by atoms with E-state index in [0.717, 1.165) is 0 Å². The van der Waals surface area contributed by atoms with Crippen LogP contribution in [0.2, 0.25) is 5.02 Å². The number of phenolic OH excluding ortho intramolecular Hbond substituents is 1. The van der Waals surface area contributed by atoms with E-state index in [2.05, 4.69) is 15.5 Å². The van der Waals surface area contributed by atoms with Gasteiger partial charge in [0.25, 0.3) is 5.91 Å². The number of nitrogens with zero attached hydrogens (tertiary/aromatic N) is 1. The van der Waals surface area contributed by atoms with Crippen LogP contribution >= 0.6 is 11.6 Å². The number of nitrogens with one attached hydrogen (secondary N) is 2. The second-order valence-corrected chi connectivity index (χ2v) is 3.51. The zero-order valence-electron chi connectivity index (χ0n) is 8.07. The first kappa shape index (κ1) is 10.5. The van der Waals surface area contributed by atoms with Crippen molar-refractivity contribution in [3.05, 3.63) is 41.2 Å². The van der Waals surface area contributed by atoms with E-state index in [1.165, 1.54) is 30.6 Å². The fraction of sp³-hybridized carbons (Fsp3) is 0. The Morgan fingerprint density at radius 2 is 2.31 bits per heavy atom. The van der Waals surface area contributed by atoms with Crippen LogP contribution in [0.5, 0.6) is 5.75 Å². The maximum absolute atomic E-state index is 11.6. The summed E-state index contributed by atoms with van der Waals surface area (Å²) in [4.78, 5) is 11.6. The van der Waals surface area contributed by atoms with Crippen molar-refractivity contribution in [1.82, 2.24) is 10.2 Å². The van der Waals surface area contributed by atoms with Crippen LogP contribution in [0.15, 0.2) is 30.6 Å². The van der Waals surface area contributed by atoms with Gasteiger partial charge >= 0.3 is 0 Å². The zero-order chi connectivity index (χ0) is 11.5. The predicted molar refractivity (Wildman–Crippen MR) is 59.7 cm³/mol. The van der Waals surface area contributed by atoms with Crippen molar-refractivity contribution in [2.75, 3.05) is 5.32 Å². The average molecular weight is 238 g/mol. The summed E-state index contributed by atoms with van der Waals surface area (Å²) in [6.07, 6.45) is 2.88. The smallest absolute Gasteiger partial charge is 0.258 e. The Labute approximate surface area is 96.1 Å². The first-order valence-electron chi connectivity index (χ1n) is 4.45. The Kier molecular flexibility index (Phi) is 2.78. The van der Waals surface area contributed by atoms with Gasteiger partial charge in [-0.2, -0.15) is 5.10 Å². The number of aromatic amines is 1. The van der Waals surface area contributed by atoms with Gasteiger partial charge in [0.2, 0.25) is 0 Å². The summed E-state index contributed by atoms with van der Waals surface area (Å²) in [5.41, 5.74) is 0.842. The molecule has 82 valence electrons. The summed E-state index contributed by atoms with van der Waals surface area (Å²) in [7, 11) is 0. The number of hydrogen-bond donors (Lipinski definition) is 3. The first-order chi connectivity index (χ1) is 7.66. The van der Waals surface area contributed by atoms with E-state index in [0.29, 0.717) is 11.3 Å². The summed E-state index contributed by atoms with van der Waals surface area (Å²) >= 11 is 5.84. The van der Waals surface area contributed by atoms with Crippen molar-refractivity contribution in [3.8, 4) is 5.75 Å². The molecule has 1 heterocycles. The van der Waals surface area contributed by atoms with Gasteiger partial charge in [-0.3, -0.25) is 9.89 Å². The standard InChI is InChI=1S/C10H8ClN3O2/c11-8-3-7(15)1-2-9(8)14-10(16)6-4-12-13-5-6/h1-5,15H,(H,12,13)(H,14,16). The molecule has 1 aromatic carbocycles. The van der Waals surface area contributed by atoms with Gasteiger partial charge in [-0.1, -0.05) is 11.6 Å². The van der Waals surface area contributed by atoms with Gasteiger partial charge in [-0.15, -0.1) is 0 Å². The van der Waals surface area contributed by atoms with Crippen LogP contribution in [0.4, 0.5) is 5.69 Å². The van der Waals surface area contributed by atoms with Crippen LogP contribution in [0.1, 0.15) is 10.4 Å². The molecule has 0 saturated carbocycles. The van der Waals surface area contributed by atoms with E-state index in [-0.39, 0.29) is 16.7 Å². The molecule has 2 aromatic rings. The molecule has 2 rings (SSSR count). The number of phenols is 1. The van der Waals surface area contributed by atoms with Crippen LogP contribution in [0.25, 0.3) is 0 Å². The van der Waals surface area contributed by atoms with Crippen molar-refractivity contribution in [3.63, 3.8) is 0 Å². The van der Waals surface area contributed by atoms with Crippen molar-refractivity contribution in [2.24, 2.45) is 0 Å². The highest BCUT2D eigenvalue weighted by atomic mass is 35.5. The molecule has 1 amide bonds. The summed E-state index contributed by atoms with van der Waals surface area (Å²) in [6, 6.07) is 4.32. The van der Waals surface area contributed by atoms with Crippen molar-refractivity contribution < 1.29 is 9.90 Å². The predicted octanol–water partition coefficient (Wildman–Crippen LogP) is 2.02. The summed E-state index contributed by atoms with van der Waals surface area (Å²) in [6.45, 7) is 0. The maximum atomic E-state index is 11.6. The second-order valence-electron chi connectivity index (χ2n) is 3.11. The van der Waals surface area contributed by atoms with Gasteiger partial charge in [0.15, 0.2) is 0 Å². The van der Waals surface area contributed by atoms with Crippen LogP contribution in [-0.4, -0.2) is 21.2 Å². The molecule has 1 aromatic heterocycles. The Bertz CT molecular complexity index is 511. The number of aromatic hydroxyl groups is 1.